The Bertz CT molecular complexity index is 1150. The summed E-state index contributed by atoms with van der Waals surface area (Å²) in [7, 11) is 1.50. The number of nitrogens with zero attached hydrogens (tertiary/aromatic N) is 1. The van der Waals surface area contributed by atoms with Crippen molar-refractivity contribution in [3.63, 3.8) is 0 Å². The number of hydrazone groups is 1. The highest BCUT2D eigenvalue weighted by Gasteiger charge is 2.08. The van der Waals surface area contributed by atoms with Crippen LogP contribution in [0.15, 0.2) is 71.8 Å². The normalized spacial score (nSPS) is 10.6. The first-order valence-corrected chi connectivity index (χ1v) is 9.81. The molecular formula is C23H20ClN3O5. The lowest BCUT2D eigenvalue weighted by molar-refractivity contribution is 0.0696. The van der Waals surface area contributed by atoms with Crippen molar-refractivity contribution in [1.82, 2.24) is 5.43 Å². The molecule has 3 aromatic rings. The summed E-state index contributed by atoms with van der Waals surface area (Å²) >= 11 is 5.88. The smallest absolute Gasteiger partial charge is 0.339 e. The van der Waals surface area contributed by atoms with Crippen LogP contribution in [0.3, 0.4) is 0 Å². The van der Waals surface area contributed by atoms with Crippen LogP contribution in [0.5, 0.6) is 11.5 Å². The van der Waals surface area contributed by atoms with Crippen LogP contribution < -0.4 is 20.2 Å². The topological polar surface area (TPSA) is 109 Å². The Morgan fingerprint density at radius 2 is 1.88 bits per heavy atom. The van der Waals surface area contributed by atoms with E-state index in [1.807, 2.05) is 0 Å². The number of benzene rings is 3. The summed E-state index contributed by atoms with van der Waals surface area (Å²) in [5, 5.41) is 16.1. The molecule has 0 heterocycles. The molecule has 0 aliphatic rings. The van der Waals surface area contributed by atoms with E-state index in [2.05, 4.69) is 15.8 Å². The van der Waals surface area contributed by atoms with E-state index >= 15 is 0 Å². The Labute approximate surface area is 189 Å². The maximum absolute atomic E-state index is 11.9. The van der Waals surface area contributed by atoms with Crippen LogP contribution in [0, 0.1) is 0 Å². The minimum Gasteiger partial charge on any atom is -0.493 e. The second-order valence-corrected chi connectivity index (χ2v) is 6.98. The fraction of sp³-hybridized carbons (Fsp3) is 0.0870. The van der Waals surface area contributed by atoms with Crippen LogP contribution in [-0.4, -0.2) is 30.4 Å². The molecule has 0 saturated heterocycles. The fourth-order valence-electron chi connectivity index (χ4n) is 2.73. The molecule has 0 atom stereocenters. The average molecular weight is 454 g/mol. The molecular weight excluding hydrogens is 434 g/mol. The molecule has 0 unspecified atom stereocenters. The Morgan fingerprint density at radius 1 is 1.06 bits per heavy atom. The average Bonchev–Trinajstić information content (AvgIpc) is 2.78. The number of ether oxygens (including phenoxy) is 2. The van der Waals surface area contributed by atoms with Gasteiger partial charge in [0.25, 0.3) is 0 Å². The number of carbonyl (C=O) groups excluding carboxylic acids is 1. The minimum atomic E-state index is -0.997. The Morgan fingerprint density at radius 3 is 2.62 bits per heavy atom. The molecule has 2 amide bonds. The standard InChI is InChI=1S/C23H20ClN3O5/c1-31-21-11-15(13-25-27-23(30)26-19-7-3-6-18(24)12-19)8-9-20(21)32-14-16-4-2-5-17(10-16)22(28)29/h2-13H,14H2,1H3,(H,28,29)(H2,26,27,30)/b25-13+. The van der Waals surface area contributed by atoms with E-state index < -0.39 is 12.0 Å². The molecule has 3 N–H and O–H groups in total. The van der Waals surface area contributed by atoms with Crippen molar-refractivity contribution in [2.24, 2.45) is 5.10 Å². The second kappa shape index (κ2) is 10.8. The van der Waals surface area contributed by atoms with Crippen molar-refractivity contribution in [2.45, 2.75) is 6.61 Å². The van der Waals surface area contributed by atoms with Gasteiger partial charge in [-0.1, -0.05) is 29.8 Å². The first-order valence-electron chi connectivity index (χ1n) is 9.43. The predicted molar refractivity (Wildman–Crippen MR) is 122 cm³/mol. The largest absolute Gasteiger partial charge is 0.493 e. The van der Waals surface area contributed by atoms with Crippen molar-refractivity contribution in [3.8, 4) is 11.5 Å². The molecule has 0 aromatic heterocycles. The van der Waals surface area contributed by atoms with Gasteiger partial charge in [-0.3, -0.25) is 0 Å². The number of hydrogen-bond donors (Lipinski definition) is 3. The highest BCUT2D eigenvalue weighted by molar-refractivity contribution is 6.30. The summed E-state index contributed by atoms with van der Waals surface area (Å²) in [6, 6.07) is 17.9. The van der Waals surface area contributed by atoms with Crippen molar-refractivity contribution in [1.29, 1.82) is 0 Å². The van der Waals surface area contributed by atoms with E-state index in [-0.39, 0.29) is 12.2 Å². The molecule has 164 valence electrons. The summed E-state index contributed by atoms with van der Waals surface area (Å²) in [4.78, 5) is 23.0. The number of anilines is 1. The number of methoxy groups -OCH3 is 1. The van der Waals surface area contributed by atoms with Gasteiger partial charge in [0.2, 0.25) is 0 Å². The van der Waals surface area contributed by atoms with Gasteiger partial charge in [-0.05, 0) is 59.7 Å². The summed E-state index contributed by atoms with van der Waals surface area (Å²) in [5.74, 6) is -0.0494. The Balaban J connectivity index is 1.59. The number of amides is 2. The van der Waals surface area contributed by atoms with Crippen LogP contribution in [0.2, 0.25) is 5.02 Å². The van der Waals surface area contributed by atoms with Crippen LogP contribution >= 0.6 is 11.6 Å². The van der Waals surface area contributed by atoms with E-state index in [0.717, 1.165) is 0 Å². The predicted octanol–water partition coefficient (Wildman–Crippen LogP) is 4.78. The lowest BCUT2D eigenvalue weighted by Crippen LogP contribution is -2.24. The monoisotopic (exact) mass is 453 g/mol. The number of halogens is 1. The molecule has 0 aliphatic carbocycles. The van der Waals surface area contributed by atoms with Gasteiger partial charge in [0.15, 0.2) is 11.5 Å². The van der Waals surface area contributed by atoms with Gasteiger partial charge in [-0.2, -0.15) is 5.10 Å². The fourth-order valence-corrected chi connectivity index (χ4v) is 2.92. The molecule has 9 heteroatoms. The zero-order valence-corrected chi connectivity index (χ0v) is 17.8. The lowest BCUT2D eigenvalue weighted by atomic mass is 10.1. The quantitative estimate of drug-likeness (QED) is 0.336. The number of carboxylic acids is 1. The Kier molecular flexibility index (Phi) is 7.66. The SMILES string of the molecule is COc1cc(/C=N/NC(=O)Nc2cccc(Cl)c2)ccc1OCc1cccc(C(=O)O)c1. The first-order chi connectivity index (χ1) is 15.4. The van der Waals surface area contributed by atoms with Crippen LogP contribution in [0.1, 0.15) is 21.5 Å². The van der Waals surface area contributed by atoms with Gasteiger partial charge in [0.1, 0.15) is 6.61 Å². The van der Waals surface area contributed by atoms with Crippen molar-refractivity contribution < 1.29 is 24.2 Å². The number of urea groups is 1. The van der Waals surface area contributed by atoms with Gasteiger partial charge in [0.05, 0.1) is 18.9 Å². The number of carbonyl (C=O) groups is 2. The van der Waals surface area contributed by atoms with E-state index in [0.29, 0.717) is 33.3 Å². The third-order valence-electron chi connectivity index (χ3n) is 4.22. The highest BCUT2D eigenvalue weighted by atomic mass is 35.5. The number of rotatable bonds is 8. The van der Waals surface area contributed by atoms with Crippen molar-refractivity contribution >= 4 is 35.5 Å². The number of hydrogen-bond acceptors (Lipinski definition) is 5. The van der Waals surface area contributed by atoms with Crippen molar-refractivity contribution in [3.05, 3.63) is 88.4 Å². The van der Waals surface area contributed by atoms with E-state index in [9.17, 15) is 9.59 Å². The van der Waals surface area contributed by atoms with E-state index in [1.54, 1.807) is 60.7 Å². The zero-order valence-electron chi connectivity index (χ0n) is 17.0. The minimum absolute atomic E-state index is 0.177. The van der Waals surface area contributed by atoms with E-state index in [4.69, 9.17) is 26.2 Å². The summed E-state index contributed by atoms with van der Waals surface area (Å²) in [6.45, 7) is 0.177. The molecule has 0 radical (unpaired) electrons. The Hall–Kier alpha value is -4.04. The third-order valence-corrected chi connectivity index (χ3v) is 4.45. The molecule has 3 aromatic carbocycles. The van der Waals surface area contributed by atoms with E-state index in [1.165, 1.54) is 19.4 Å². The molecule has 0 fully saturated rings. The highest BCUT2D eigenvalue weighted by Crippen LogP contribution is 2.28. The molecule has 32 heavy (non-hydrogen) atoms. The summed E-state index contributed by atoms with van der Waals surface area (Å²) in [5.41, 5.74) is 4.49. The zero-order chi connectivity index (χ0) is 22.9. The maximum atomic E-state index is 11.9. The molecule has 0 spiro atoms. The van der Waals surface area contributed by atoms with Crippen LogP contribution in [-0.2, 0) is 6.61 Å². The third kappa shape index (κ3) is 6.48. The maximum Gasteiger partial charge on any atom is 0.339 e. The van der Waals surface area contributed by atoms with Gasteiger partial charge < -0.3 is 19.9 Å². The molecule has 0 aliphatic heterocycles. The van der Waals surface area contributed by atoms with Crippen LogP contribution in [0.25, 0.3) is 0 Å². The van der Waals surface area contributed by atoms with Gasteiger partial charge in [-0.25, -0.2) is 15.0 Å². The number of carboxylic acid groups (broad SMARTS) is 1. The van der Waals surface area contributed by atoms with Crippen molar-refractivity contribution in [2.75, 3.05) is 12.4 Å². The summed E-state index contributed by atoms with van der Waals surface area (Å²) in [6.07, 6.45) is 1.46. The van der Waals surface area contributed by atoms with Crippen LogP contribution in [0.4, 0.5) is 10.5 Å². The second-order valence-electron chi connectivity index (χ2n) is 6.54. The first kappa shape index (κ1) is 22.6. The molecule has 8 nitrogen and oxygen atoms in total. The molecule has 0 bridgehead atoms. The van der Waals surface area contributed by atoms with Gasteiger partial charge >= 0.3 is 12.0 Å². The number of aromatic carboxylic acids is 1. The van der Waals surface area contributed by atoms with Gasteiger partial charge in [0, 0.05) is 10.7 Å². The summed E-state index contributed by atoms with van der Waals surface area (Å²) < 4.78 is 11.1. The lowest BCUT2D eigenvalue weighted by Gasteiger charge is -2.11. The number of nitrogens with one attached hydrogen (secondary N) is 2. The molecule has 0 saturated carbocycles. The van der Waals surface area contributed by atoms with Gasteiger partial charge in [-0.15, -0.1) is 0 Å². The molecule has 3 rings (SSSR count).